The molecule has 1 N–H and O–H groups in total. The molecule has 0 saturated heterocycles. The molecule has 0 saturated carbocycles. The number of nitrogens with one attached hydrogen (secondary N) is 1. The molecule has 0 aromatic carbocycles. The van der Waals surface area contributed by atoms with E-state index in [1.165, 1.54) is 0 Å². The third-order valence-corrected chi connectivity index (χ3v) is 4.14. The van der Waals surface area contributed by atoms with Crippen molar-refractivity contribution in [3.8, 4) is 10.6 Å². The lowest BCUT2D eigenvalue weighted by atomic mass is 10.2. The van der Waals surface area contributed by atoms with Crippen LogP contribution in [0, 0.1) is 0 Å². The highest BCUT2D eigenvalue weighted by Gasteiger charge is 2.10. The summed E-state index contributed by atoms with van der Waals surface area (Å²) >= 11 is 1.65. The monoisotopic (exact) mass is 305 g/mol. The van der Waals surface area contributed by atoms with E-state index in [9.17, 15) is 4.79 Å². The Hall–Kier alpha value is -1.46. The summed E-state index contributed by atoms with van der Waals surface area (Å²) in [6, 6.07) is 6.33. The molecule has 2 aromatic heterocycles. The van der Waals surface area contributed by atoms with Crippen LogP contribution in [0.2, 0.25) is 0 Å². The third-order valence-electron chi connectivity index (χ3n) is 3.25. The van der Waals surface area contributed by atoms with Gasteiger partial charge in [0.05, 0.1) is 4.88 Å². The highest BCUT2D eigenvalue weighted by atomic mass is 32.1. The van der Waals surface area contributed by atoms with Gasteiger partial charge < -0.3 is 5.32 Å². The standard InChI is InChI=1S/C16H23N3OS/c1-4-5-8-19-16(20)13(11-17-12(2)3)10-14(18-19)15-7-6-9-21-15/h6-7,9-10,12,17H,4-5,8,11H2,1-3H3. The van der Waals surface area contributed by atoms with Gasteiger partial charge in [0.2, 0.25) is 0 Å². The van der Waals surface area contributed by atoms with Gasteiger partial charge in [-0.15, -0.1) is 11.3 Å². The minimum absolute atomic E-state index is 0.0249. The van der Waals surface area contributed by atoms with Crippen LogP contribution in [0.15, 0.2) is 28.4 Å². The normalized spacial score (nSPS) is 11.2. The summed E-state index contributed by atoms with van der Waals surface area (Å²) < 4.78 is 1.62. The molecule has 114 valence electrons. The van der Waals surface area contributed by atoms with Crippen molar-refractivity contribution in [2.45, 2.75) is 52.7 Å². The van der Waals surface area contributed by atoms with Gasteiger partial charge in [0.1, 0.15) is 5.69 Å². The number of unbranched alkanes of at least 4 members (excludes halogenated alkanes) is 1. The minimum atomic E-state index is 0.0249. The maximum absolute atomic E-state index is 12.5. The van der Waals surface area contributed by atoms with Crippen molar-refractivity contribution in [2.24, 2.45) is 0 Å². The Bertz CT molecular complexity index is 617. The Balaban J connectivity index is 2.37. The van der Waals surface area contributed by atoms with Gasteiger partial charge in [-0.3, -0.25) is 4.79 Å². The van der Waals surface area contributed by atoms with Crippen LogP contribution in [0.4, 0.5) is 0 Å². The Morgan fingerprint density at radius 1 is 1.43 bits per heavy atom. The first-order chi connectivity index (χ1) is 10.1. The molecule has 0 aliphatic carbocycles. The van der Waals surface area contributed by atoms with E-state index in [4.69, 9.17) is 0 Å². The molecule has 0 unspecified atom stereocenters. The first kappa shape index (κ1) is 15.9. The molecule has 0 aliphatic rings. The zero-order valence-electron chi connectivity index (χ0n) is 12.9. The molecule has 0 amide bonds. The largest absolute Gasteiger partial charge is 0.310 e. The second kappa shape index (κ2) is 7.52. The van der Waals surface area contributed by atoms with E-state index in [1.807, 2.05) is 23.6 Å². The van der Waals surface area contributed by atoms with E-state index in [0.717, 1.165) is 29.0 Å². The number of nitrogens with zero attached hydrogens (tertiary/aromatic N) is 2. The predicted octanol–water partition coefficient (Wildman–Crippen LogP) is 3.27. The molecule has 0 radical (unpaired) electrons. The fourth-order valence-corrected chi connectivity index (χ4v) is 2.72. The van der Waals surface area contributed by atoms with Gasteiger partial charge in [-0.1, -0.05) is 33.3 Å². The fourth-order valence-electron chi connectivity index (χ4n) is 2.04. The van der Waals surface area contributed by atoms with E-state index in [-0.39, 0.29) is 5.56 Å². The summed E-state index contributed by atoms with van der Waals surface area (Å²) in [6.45, 7) is 7.55. The van der Waals surface area contributed by atoms with Crippen molar-refractivity contribution in [1.29, 1.82) is 0 Å². The lowest BCUT2D eigenvalue weighted by molar-refractivity contribution is 0.528. The molecule has 0 fully saturated rings. The lowest BCUT2D eigenvalue weighted by Crippen LogP contribution is -2.31. The van der Waals surface area contributed by atoms with Crippen molar-refractivity contribution in [3.05, 3.63) is 39.5 Å². The van der Waals surface area contributed by atoms with E-state index in [2.05, 4.69) is 31.2 Å². The molecule has 0 bridgehead atoms. The number of rotatable bonds is 7. The second-order valence-electron chi connectivity index (χ2n) is 5.45. The summed E-state index contributed by atoms with van der Waals surface area (Å²) in [7, 11) is 0. The highest BCUT2D eigenvalue weighted by Crippen LogP contribution is 2.22. The summed E-state index contributed by atoms with van der Waals surface area (Å²) in [5, 5.41) is 9.88. The summed E-state index contributed by atoms with van der Waals surface area (Å²) in [5.74, 6) is 0. The van der Waals surface area contributed by atoms with Crippen LogP contribution >= 0.6 is 11.3 Å². The van der Waals surface area contributed by atoms with Gasteiger partial charge in [-0.25, -0.2) is 4.68 Å². The molecule has 2 heterocycles. The Morgan fingerprint density at radius 2 is 2.24 bits per heavy atom. The Labute approximate surface area is 129 Å². The molecule has 0 atom stereocenters. The van der Waals surface area contributed by atoms with Crippen LogP contribution in [0.25, 0.3) is 10.6 Å². The van der Waals surface area contributed by atoms with Crippen LogP contribution in [0.3, 0.4) is 0 Å². The molecule has 2 aromatic rings. The number of aromatic nitrogens is 2. The molecule has 5 heteroatoms. The Morgan fingerprint density at radius 3 is 2.86 bits per heavy atom. The zero-order chi connectivity index (χ0) is 15.2. The third kappa shape index (κ3) is 4.25. The topological polar surface area (TPSA) is 46.9 Å². The average Bonchev–Trinajstić information content (AvgIpc) is 2.99. The zero-order valence-corrected chi connectivity index (χ0v) is 13.7. The minimum Gasteiger partial charge on any atom is -0.310 e. The first-order valence-corrected chi connectivity index (χ1v) is 8.38. The van der Waals surface area contributed by atoms with Crippen molar-refractivity contribution >= 4 is 11.3 Å². The number of aryl methyl sites for hydroxylation is 1. The van der Waals surface area contributed by atoms with E-state index in [1.54, 1.807) is 16.0 Å². The van der Waals surface area contributed by atoms with Crippen LogP contribution in [-0.2, 0) is 13.1 Å². The quantitative estimate of drug-likeness (QED) is 0.854. The van der Waals surface area contributed by atoms with Crippen molar-refractivity contribution < 1.29 is 0 Å². The van der Waals surface area contributed by atoms with E-state index < -0.39 is 0 Å². The van der Waals surface area contributed by atoms with Gasteiger partial charge in [-0.05, 0) is 23.9 Å². The van der Waals surface area contributed by atoms with Gasteiger partial charge in [0.15, 0.2) is 0 Å². The molecular weight excluding hydrogens is 282 g/mol. The number of hydrogen-bond acceptors (Lipinski definition) is 4. The number of thiophene rings is 1. The maximum atomic E-state index is 12.5. The van der Waals surface area contributed by atoms with Gasteiger partial charge in [0, 0.05) is 24.7 Å². The smallest absolute Gasteiger partial charge is 0.271 e. The van der Waals surface area contributed by atoms with Gasteiger partial charge in [-0.2, -0.15) is 5.10 Å². The fraction of sp³-hybridized carbons (Fsp3) is 0.500. The van der Waals surface area contributed by atoms with Crippen LogP contribution in [-0.4, -0.2) is 15.8 Å². The molecule has 0 spiro atoms. The lowest BCUT2D eigenvalue weighted by Gasteiger charge is -2.12. The van der Waals surface area contributed by atoms with Crippen LogP contribution in [0.5, 0.6) is 0 Å². The highest BCUT2D eigenvalue weighted by molar-refractivity contribution is 7.13. The predicted molar refractivity (Wildman–Crippen MR) is 88.7 cm³/mol. The summed E-state index contributed by atoms with van der Waals surface area (Å²) in [6.07, 6.45) is 2.02. The van der Waals surface area contributed by atoms with Crippen LogP contribution < -0.4 is 10.9 Å². The van der Waals surface area contributed by atoms with Crippen molar-refractivity contribution in [1.82, 2.24) is 15.1 Å². The van der Waals surface area contributed by atoms with Crippen molar-refractivity contribution in [2.75, 3.05) is 0 Å². The van der Waals surface area contributed by atoms with E-state index in [0.29, 0.717) is 19.1 Å². The number of hydrogen-bond donors (Lipinski definition) is 1. The first-order valence-electron chi connectivity index (χ1n) is 7.50. The molecular formula is C16H23N3OS. The van der Waals surface area contributed by atoms with Crippen molar-refractivity contribution in [3.63, 3.8) is 0 Å². The molecule has 4 nitrogen and oxygen atoms in total. The summed E-state index contributed by atoms with van der Waals surface area (Å²) in [4.78, 5) is 13.6. The van der Waals surface area contributed by atoms with Gasteiger partial charge in [0.25, 0.3) is 5.56 Å². The van der Waals surface area contributed by atoms with Gasteiger partial charge >= 0.3 is 0 Å². The van der Waals surface area contributed by atoms with Crippen LogP contribution in [0.1, 0.15) is 39.2 Å². The Kier molecular flexibility index (Phi) is 5.70. The van der Waals surface area contributed by atoms with E-state index >= 15 is 0 Å². The second-order valence-corrected chi connectivity index (χ2v) is 6.40. The summed E-state index contributed by atoms with van der Waals surface area (Å²) in [5.41, 5.74) is 1.70. The maximum Gasteiger partial charge on any atom is 0.271 e. The average molecular weight is 305 g/mol. The molecule has 0 aliphatic heterocycles. The SMILES string of the molecule is CCCCn1nc(-c2cccs2)cc(CNC(C)C)c1=O. The molecule has 21 heavy (non-hydrogen) atoms. The molecule has 2 rings (SSSR count).